The van der Waals surface area contributed by atoms with Gasteiger partial charge >= 0.3 is 0 Å². The Morgan fingerprint density at radius 1 is 0.927 bits per heavy atom. The SMILES string of the molecule is CCC(C)NC(=O)C(C)N(Cc1ccc(OC)cc1)C(=O)CN(c1cccc(C)c1C)S(=O)(=O)c1ccc(C)cc1. The first kappa shape index (κ1) is 31.7. The summed E-state index contributed by atoms with van der Waals surface area (Å²) in [5, 5.41) is 2.95. The minimum absolute atomic E-state index is 0.0729. The van der Waals surface area contributed by atoms with Crippen LogP contribution in [0.5, 0.6) is 5.75 Å². The van der Waals surface area contributed by atoms with Crippen LogP contribution in [0.25, 0.3) is 0 Å². The number of anilines is 1. The maximum atomic E-state index is 14.1. The van der Waals surface area contributed by atoms with Gasteiger partial charge in [0.15, 0.2) is 0 Å². The summed E-state index contributed by atoms with van der Waals surface area (Å²) in [7, 11) is -2.55. The van der Waals surface area contributed by atoms with E-state index in [1.807, 2.05) is 52.8 Å². The van der Waals surface area contributed by atoms with E-state index in [2.05, 4.69) is 5.32 Å². The molecule has 3 aromatic carbocycles. The van der Waals surface area contributed by atoms with Crippen LogP contribution < -0.4 is 14.4 Å². The molecule has 0 aromatic heterocycles. The topological polar surface area (TPSA) is 96.0 Å². The van der Waals surface area contributed by atoms with Crippen molar-refractivity contribution in [1.29, 1.82) is 0 Å². The quantitative estimate of drug-likeness (QED) is 0.320. The Kier molecular flexibility index (Phi) is 10.6. The van der Waals surface area contributed by atoms with Gasteiger partial charge in [-0.3, -0.25) is 13.9 Å². The van der Waals surface area contributed by atoms with E-state index in [-0.39, 0.29) is 23.4 Å². The number of carbonyl (C=O) groups is 2. The van der Waals surface area contributed by atoms with Gasteiger partial charge in [0.05, 0.1) is 17.7 Å². The van der Waals surface area contributed by atoms with Gasteiger partial charge in [0.2, 0.25) is 11.8 Å². The van der Waals surface area contributed by atoms with Crippen molar-refractivity contribution in [2.75, 3.05) is 18.0 Å². The Bertz CT molecular complexity index is 1450. The fourth-order valence-corrected chi connectivity index (χ4v) is 5.80. The van der Waals surface area contributed by atoms with Gasteiger partial charge in [-0.1, -0.05) is 48.9 Å². The molecule has 41 heavy (non-hydrogen) atoms. The van der Waals surface area contributed by atoms with E-state index in [9.17, 15) is 18.0 Å². The lowest BCUT2D eigenvalue weighted by atomic mass is 10.1. The van der Waals surface area contributed by atoms with Crippen LogP contribution in [0.2, 0.25) is 0 Å². The maximum Gasteiger partial charge on any atom is 0.264 e. The van der Waals surface area contributed by atoms with Crippen LogP contribution in [-0.2, 0) is 26.2 Å². The summed E-state index contributed by atoms with van der Waals surface area (Å²) >= 11 is 0. The van der Waals surface area contributed by atoms with Gasteiger partial charge in [0.25, 0.3) is 10.0 Å². The highest BCUT2D eigenvalue weighted by molar-refractivity contribution is 7.92. The summed E-state index contributed by atoms with van der Waals surface area (Å²) in [6.45, 7) is 10.8. The van der Waals surface area contributed by atoms with Crippen molar-refractivity contribution in [3.63, 3.8) is 0 Å². The zero-order valence-electron chi connectivity index (χ0n) is 25.0. The number of nitrogens with one attached hydrogen (secondary N) is 1. The minimum atomic E-state index is -4.12. The van der Waals surface area contributed by atoms with E-state index >= 15 is 0 Å². The normalized spacial score (nSPS) is 12.8. The molecule has 0 fully saturated rings. The monoisotopic (exact) mass is 579 g/mol. The predicted octanol–water partition coefficient (Wildman–Crippen LogP) is 5.15. The molecule has 0 spiro atoms. The Hall–Kier alpha value is -3.85. The Labute approximate surface area is 244 Å². The number of methoxy groups -OCH3 is 1. The summed E-state index contributed by atoms with van der Waals surface area (Å²) in [5.74, 6) is -0.135. The fraction of sp³-hybridized carbons (Fsp3) is 0.375. The molecule has 8 nitrogen and oxygen atoms in total. The number of amides is 2. The number of ether oxygens (including phenoxy) is 1. The van der Waals surface area contributed by atoms with Crippen LogP contribution >= 0.6 is 0 Å². The molecule has 0 heterocycles. The average Bonchev–Trinajstić information content (AvgIpc) is 2.96. The molecule has 2 atom stereocenters. The standard InChI is InChI=1S/C32H41N3O5S/c1-8-24(4)33-32(37)26(6)34(20-27-14-16-28(40-7)17-15-27)31(36)21-35(30-11-9-10-23(3)25(30)5)41(38,39)29-18-12-22(2)13-19-29/h9-19,24,26H,8,20-21H2,1-7H3,(H,33,37). The van der Waals surface area contributed by atoms with Crippen molar-refractivity contribution in [3.8, 4) is 5.75 Å². The second-order valence-corrected chi connectivity index (χ2v) is 12.3. The largest absolute Gasteiger partial charge is 0.497 e. The molecule has 3 rings (SSSR count). The van der Waals surface area contributed by atoms with Crippen molar-refractivity contribution >= 4 is 27.5 Å². The first-order valence-corrected chi connectivity index (χ1v) is 15.2. The number of rotatable bonds is 12. The van der Waals surface area contributed by atoms with E-state index in [1.54, 1.807) is 62.6 Å². The Balaban J connectivity index is 2.06. The van der Waals surface area contributed by atoms with Crippen molar-refractivity contribution in [2.45, 2.75) is 71.5 Å². The summed E-state index contributed by atoms with van der Waals surface area (Å²) in [4.78, 5) is 28.8. The van der Waals surface area contributed by atoms with Crippen LogP contribution in [-0.4, -0.2) is 50.9 Å². The zero-order chi connectivity index (χ0) is 30.3. The van der Waals surface area contributed by atoms with E-state index in [0.29, 0.717) is 11.4 Å². The van der Waals surface area contributed by atoms with Crippen LogP contribution in [0.15, 0.2) is 71.6 Å². The van der Waals surface area contributed by atoms with Crippen molar-refractivity contribution in [3.05, 3.63) is 89.0 Å². The number of hydrogen-bond donors (Lipinski definition) is 1. The number of benzene rings is 3. The van der Waals surface area contributed by atoms with Gasteiger partial charge < -0.3 is 15.0 Å². The molecule has 0 aliphatic rings. The predicted molar refractivity (Wildman–Crippen MR) is 163 cm³/mol. The highest BCUT2D eigenvalue weighted by Crippen LogP contribution is 2.29. The highest BCUT2D eigenvalue weighted by Gasteiger charge is 2.33. The molecule has 0 aliphatic carbocycles. The molecule has 9 heteroatoms. The first-order valence-electron chi connectivity index (χ1n) is 13.8. The Morgan fingerprint density at radius 3 is 2.15 bits per heavy atom. The zero-order valence-corrected chi connectivity index (χ0v) is 25.8. The third-order valence-corrected chi connectivity index (χ3v) is 9.19. The van der Waals surface area contributed by atoms with Gasteiger partial charge in [-0.2, -0.15) is 0 Å². The third kappa shape index (κ3) is 7.67. The molecule has 2 amide bonds. The summed E-state index contributed by atoms with van der Waals surface area (Å²) in [6, 6.07) is 18.2. The van der Waals surface area contributed by atoms with Crippen molar-refractivity contribution in [2.24, 2.45) is 0 Å². The molecule has 0 radical (unpaired) electrons. The first-order chi connectivity index (χ1) is 19.4. The lowest BCUT2D eigenvalue weighted by molar-refractivity contribution is -0.139. The molecular weight excluding hydrogens is 538 g/mol. The number of nitrogens with zero attached hydrogens (tertiary/aromatic N) is 2. The number of hydrogen-bond acceptors (Lipinski definition) is 5. The minimum Gasteiger partial charge on any atom is -0.497 e. The highest BCUT2D eigenvalue weighted by atomic mass is 32.2. The molecule has 220 valence electrons. The molecule has 0 aliphatic heterocycles. The van der Waals surface area contributed by atoms with Crippen molar-refractivity contribution in [1.82, 2.24) is 10.2 Å². The van der Waals surface area contributed by atoms with Gasteiger partial charge in [-0.15, -0.1) is 0 Å². The lowest BCUT2D eigenvalue weighted by Gasteiger charge is -2.33. The molecule has 1 N–H and O–H groups in total. The molecule has 3 aromatic rings. The summed E-state index contributed by atoms with van der Waals surface area (Å²) < 4.78 is 34.5. The van der Waals surface area contributed by atoms with Gasteiger partial charge in [-0.25, -0.2) is 8.42 Å². The van der Waals surface area contributed by atoms with E-state index in [0.717, 1.165) is 33.0 Å². The lowest BCUT2D eigenvalue weighted by Crippen LogP contribution is -2.52. The number of aryl methyl sites for hydroxylation is 2. The van der Waals surface area contributed by atoms with Gasteiger partial charge in [0, 0.05) is 12.6 Å². The molecule has 0 bridgehead atoms. The molecular formula is C32H41N3O5S. The van der Waals surface area contributed by atoms with Gasteiger partial charge in [0.1, 0.15) is 18.3 Å². The molecule has 0 saturated heterocycles. The third-order valence-electron chi connectivity index (χ3n) is 7.41. The van der Waals surface area contributed by atoms with Crippen LogP contribution in [0.1, 0.15) is 49.4 Å². The van der Waals surface area contributed by atoms with Gasteiger partial charge in [-0.05, 0) is 88.1 Å². The van der Waals surface area contributed by atoms with Crippen LogP contribution in [0.4, 0.5) is 5.69 Å². The smallest absolute Gasteiger partial charge is 0.264 e. The van der Waals surface area contributed by atoms with E-state index < -0.39 is 28.5 Å². The van der Waals surface area contributed by atoms with Crippen molar-refractivity contribution < 1.29 is 22.7 Å². The maximum absolute atomic E-state index is 14.1. The van der Waals surface area contributed by atoms with Crippen LogP contribution in [0.3, 0.4) is 0 Å². The molecule has 2 unspecified atom stereocenters. The average molecular weight is 580 g/mol. The summed E-state index contributed by atoms with van der Waals surface area (Å²) in [6.07, 6.45) is 0.736. The van der Waals surface area contributed by atoms with E-state index in [1.165, 1.54) is 4.90 Å². The van der Waals surface area contributed by atoms with E-state index in [4.69, 9.17) is 4.74 Å². The van der Waals surface area contributed by atoms with Crippen LogP contribution in [0, 0.1) is 20.8 Å². The fourth-order valence-electron chi connectivity index (χ4n) is 4.33. The second kappa shape index (κ2) is 13.7. The number of carbonyl (C=O) groups excluding carboxylic acids is 2. The Morgan fingerprint density at radius 2 is 1.56 bits per heavy atom. The summed E-state index contributed by atoms with van der Waals surface area (Å²) in [5.41, 5.74) is 3.77. The molecule has 0 saturated carbocycles. The second-order valence-electron chi connectivity index (χ2n) is 10.4. The number of sulfonamides is 1.